The second-order valence-electron chi connectivity index (χ2n) is 5.84. The van der Waals surface area contributed by atoms with Crippen molar-refractivity contribution >= 4 is 0 Å². The summed E-state index contributed by atoms with van der Waals surface area (Å²) in [5.74, 6) is 0.877. The van der Waals surface area contributed by atoms with Crippen LogP contribution in [0.4, 0.5) is 0 Å². The van der Waals surface area contributed by atoms with E-state index in [1.807, 2.05) is 0 Å². The van der Waals surface area contributed by atoms with Crippen molar-refractivity contribution in [1.29, 1.82) is 0 Å². The van der Waals surface area contributed by atoms with Gasteiger partial charge in [0.25, 0.3) is 0 Å². The molecule has 1 rings (SSSR count). The van der Waals surface area contributed by atoms with Crippen LogP contribution in [-0.2, 0) is 9.47 Å². The van der Waals surface area contributed by atoms with Gasteiger partial charge in [-0.05, 0) is 31.7 Å². The molecule has 0 aromatic carbocycles. The van der Waals surface area contributed by atoms with Gasteiger partial charge in [-0.3, -0.25) is 4.90 Å². The molecular formula is C16H34N2O2. The Morgan fingerprint density at radius 3 is 2.20 bits per heavy atom. The first-order valence-corrected chi connectivity index (χ1v) is 8.22. The van der Waals surface area contributed by atoms with Crippen molar-refractivity contribution in [1.82, 2.24) is 10.2 Å². The summed E-state index contributed by atoms with van der Waals surface area (Å²) in [6, 6.07) is 1.25. The van der Waals surface area contributed by atoms with E-state index in [1.54, 1.807) is 14.2 Å². The fraction of sp³-hybridized carbons (Fsp3) is 1.00. The zero-order valence-electron chi connectivity index (χ0n) is 13.9. The van der Waals surface area contributed by atoms with Crippen molar-refractivity contribution in [3.05, 3.63) is 0 Å². The predicted molar refractivity (Wildman–Crippen MR) is 84.2 cm³/mol. The van der Waals surface area contributed by atoms with Gasteiger partial charge in [-0.15, -0.1) is 0 Å². The Morgan fingerprint density at radius 2 is 1.70 bits per heavy atom. The highest BCUT2D eigenvalue weighted by Gasteiger charge is 2.33. The summed E-state index contributed by atoms with van der Waals surface area (Å²) in [4.78, 5) is 2.57. The van der Waals surface area contributed by atoms with E-state index in [0.717, 1.165) is 38.8 Å². The van der Waals surface area contributed by atoms with Crippen LogP contribution in [0.5, 0.6) is 0 Å². The van der Waals surface area contributed by atoms with E-state index in [2.05, 4.69) is 24.1 Å². The lowest BCUT2D eigenvalue weighted by Crippen LogP contribution is -2.54. The molecule has 0 bridgehead atoms. The maximum absolute atomic E-state index is 5.29. The Morgan fingerprint density at radius 1 is 1.05 bits per heavy atom. The number of nitrogens with one attached hydrogen (secondary N) is 1. The van der Waals surface area contributed by atoms with E-state index < -0.39 is 0 Å². The number of hydrogen-bond acceptors (Lipinski definition) is 4. The van der Waals surface area contributed by atoms with Crippen LogP contribution in [0.1, 0.15) is 39.5 Å². The van der Waals surface area contributed by atoms with Crippen LogP contribution in [0.15, 0.2) is 0 Å². The van der Waals surface area contributed by atoms with Crippen LogP contribution < -0.4 is 5.32 Å². The molecular weight excluding hydrogens is 252 g/mol. The monoisotopic (exact) mass is 286 g/mol. The molecule has 0 aromatic rings. The summed E-state index contributed by atoms with van der Waals surface area (Å²) in [7, 11) is 3.57. The molecule has 1 aliphatic carbocycles. The van der Waals surface area contributed by atoms with Gasteiger partial charge in [0.05, 0.1) is 13.2 Å². The van der Waals surface area contributed by atoms with Gasteiger partial charge in [0.2, 0.25) is 0 Å². The number of likely N-dealkylation sites (N-methyl/N-ethyl adjacent to an activating group) is 1. The minimum atomic E-state index is 0.622. The van der Waals surface area contributed by atoms with E-state index in [0.29, 0.717) is 12.1 Å². The smallest absolute Gasteiger partial charge is 0.0589 e. The third-order valence-corrected chi connectivity index (χ3v) is 4.60. The van der Waals surface area contributed by atoms with E-state index in [9.17, 15) is 0 Å². The lowest BCUT2D eigenvalue weighted by atomic mass is 9.80. The van der Waals surface area contributed by atoms with Crippen LogP contribution in [0.25, 0.3) is 0 Å². The normalized spacial score (nSPS) is 27.1. The highest BCUT2D eigenvalue weighted by atomic mass is 16.5. The Hall–Kier alpha value is -0.160. The van der Waals surface area contributed by atoms with Crippen molar-refractivity contribution in [3.63, 3.8) is 0 Å². The highest BCUT2D eigenvalue weighted by molar-refractivity contribution is 4.91. The molecule has 4 nitrogen and oxygen atoms in total. The lowest BCUT2D eigenvalue weighted by Gasteiger charge is -2.43. The van der Waals surface area contributed by atoms with Crippen molar-refractivity contribution in [2.45, 2.75) is 51.6 Å². The van der Waals surface area contributed by atoms with E-state index in [4.69, 9.17) is 9.47 Å². The molecule has 1 saturated carbocycles. The molecule has 0 amide bonds. The first kappa shape index (κ1) is 17.9. The molecule has 20 heavy (non-hydrogen) atoms. The van der Waals surface area contributed by atoms with Crippen LogP contribution in [0.3, 0.4) is 0 Å². The highest BCUT2D eigenvalue weighted by Crippen LogP contribution is 2.30. The zero-order chi connectivity index (χ0) is 14.8. The molecule has 0 radical (unpaired) electrons. The topological polar surface area (TPSA) is 33.7 Å². The fourth-order valence-electron chi connectivity index (χ4n) is 3.37. The standard InChI is InChI=1S/C16H34N2O2/c1-5-14-7-8-15(17-6-2)16(13-14)18(9-11-19-3)10-12-20-4/h14-17H,5-13H2,1-4H3. The minimum absolute atomic E-state index is 0.622. The first-order valence-electron chi connectivity index (χ1n) is 8.22. The summed E-state index contributed by atoms with van der Waals surface area (Å²) >= 11 is 0. The first-order chi connectivity index (χ1) is 9.76. The quantitative estimate of drug-likeness (QED) is 0.667. The molecule has 0 aliphatic heterocycles. The average Bonchev–Trinajstić information content (AvgIpc) is 2.48. The van der Waals surface area contributed by atoms with Gasteiger partial charge in [0, 0.05) is 39.4 Å². The minimum Gasteiger partial charge on any atom is -0.383 e. The number of rotatable bonds is 10. The number of nitrogens with zero attached hydrogens (tertiary/aromatic N) is 1. The van der Waals surface area contributed by atoms with Gasteiger partial charge in [-0.1, -0.05) is 20.3 Å². The molecule has 0 heterocycles. The SMILES string of the molecule is CCNC1CCC(CC)CC1N(CCOC)CCOC. The van der Waals surface area contributed by atoms with Gasteiger partial charge < -0.3 is 14.8 Å². The van der Waals surface area contributed by atoms with Gasteiger partial charge in [-0.25, -0.2) is 0 Å². The molecule has 1 fully saturated rings. The molecule has 1 N–H and O–H groups in total. The predicted octanol–water partition coefficient (Wildman–Crippen LogP) is 2.14. The molecule has 4 heteroatoms. The Bertz CT molecular complexity index is 231. The van der Waals surface area contributed by atoms with Crippen LogP contribution in [0.2, 0.25) is 0 Å². The van der Waals surface area contributed by atoms with Crippen molar-refractivity contribution in [2.24, 2.45) is 5.92 Å². The number of ether oxygens (including phenoxy) is 2. The van der Waals surface area contributed by atoms with Gasteiger partial charge in [0.15, 0.2) is 0 Å². The zero-order valence-corrected chi connectivity index (χ0v) is 13.9. The van der Waals surface area contributed by atoms with Gasteiger partial charge in [0.1, 0.15) is 0 Å². The lowest BCUT2D eigenvalue weighted by molar-refractivity contribution is 0.0471. The summed E-state index contributed by atoms with van der Waals surface area (Å²) in [5.41, 5.74) is 0. The Balaban J connectivity index is 2.67. The van der Waals surface area contributed by atoms with Gasteiger partial charge >= 0.3 is 0 Å². The molecule has 0 spiro atoms. The van der Waals surface area contributed by atoms with Crippen LogP contribution in [0, 0.1) is 5.92 Å². The van der Waals surface area contributed by atoms with Crippen molar-refractivity contribution < 1.29 is 9.47 Å². The van der Waals surface area contributed by atoms with E-state index >= 15 is 0 Å². The van der Waals surface area contributed by atoms with Gasteiger partial charge in [-0.2, -0.15) is 0 Å². The third kappa shape index (κ3) is 5.68. The summed E-state index contributed by atoms with van der Waals surface area (Å²) < 4.78 is 10.6. The number of methoxy groups -OCH3 is 2. The summed E-state index contributed by atoms with van der Waals surface area (Å²) in [6.45, 7) is 9.19. The molecule has 120 valence electrons. The summed E-state index contributed by atoms with van der Waals surface area (Å²) in [6.07, 6.45) is 5.28. The van der Waals surface area contributed by atoms with Crippen molar-refractivity contribution in [2.75, 3.05) is 47.1 Å². The second kappa shape index (κ2) is 10.6. The van der Waals surface area contributed by atoms with E-state index in [1.165, 1.54) is 25.7 Å². The van der Waals surface area contributed by atoms with E-state index in [-0.39, 0.29) is 0 Å². The molecule has 3 atom stereocenters. The van der Waals surface area contributed by atoms with Crippen molar-refractivity contribution in [3.8, 4) is 0 Å². The largest absolute Gasteiger partial charge is 0.383 e. The third-order valence-electron chi connectivity index (χ3n) is 4.60. The molecule has 1 aliphatic rings. The summed E-state index contributed by atoms with van der Waals surface area (Å²) in [5, 5.41) is 3.69. The van der Waals surface area contributed by atoms with Crippen LogP contribution in [-0.4, -0.2) is 64.1 Å². The average molecular weight is 286 g/mol. The maximum Gasteiger partial charge on any atom is 0.0589 e. The molecule has 0 aromatic heterocycles. The maximum atomic E-state index is 5.29. The fourth-order valence-corrected chi connectivity index (χ4v) is 3.37. The molecule has 0 saturated heterocycles. The Kier molecular flexibility index (Phi) is 9.44. The van der Waals surface area contributed by atoms with Crippen LogP contribution >= 0.6 is 0 Å². The molecule has 3 unspecified atom stereocenters. The Labute approximate surface area is 125 Å². The number of hydrogen-bond donors (Lipinski definition) is 1. The second-order valence-corrected chi connectivity index (χ2v) is 5.84.